The lowest BCUT2D eigenvalue weighted by atomic mass is 9.79. The predicted molar refractivity (Wildman–Crippen MR) is 71.3 cm³/mol. The Balaban J connectivity index is 2.87. The highest BCUT2D eigenvalue weighted by atomic mass is 79.9. The molecule has 5 heteroatoms. The van der Waals surface area contributed by atoms with Crippen LogP contribution in [0.15, 0.2) is 10.2 Å². The first-order valence-corrected chi connectivity index (χ1v) is 7.01. The first-order valence-electron chi connectivity index (χ1n) is 6.22. The number of Topliss-reactive ketones (excluding diaryl/α,β-unsaturated/α-hetero) is 1. The number of methoxy groups -OCH3 is 1. The molecule has 0 unspecified atom stereocenters. The van der Waals surface area contributed by atoms with E-state index < -0.39 is 11.9 Å². The van der Waals surface area contributed by atoms with E-state index in [0.717, 1.165) is 25.7 Å². The predicted octanol–water partition coefficient (Wildman–Crippen LogP) is 3.11. The van der Waals surface area contributed by atoms with Crippen molar-refractivity contribution < 1.29 is 19.4 Å². The standard InChI is InChI=1S/C13H19BrO4/c1-3-4-5-6-8-7-9(15)11(14)12(16)10(8)13(17)18-2/h8,10,16H,3-7H2,1-2H3/t8-,10+/m0/s1. The third kappa shape index (κ3) is 3.34. The van der Waals surface area contributed by atoms with E-state index in [0.29, 0.717) is 0 Å². The second kappa shape index (κ2) is 6.92. The van der Waals surface area contributed by atoms with Crippen LogP contribution in [-0.2, 0) is 14.3 Å². The van der Waals surface area contributed by atoms with Crippen LogP contribution in [0.2, 0.25) is 0 Å². The maximum atomic E-state index is 11.7. The average molecular weight is 319 g/mol. The summed E-state index contributed by atoms with van der Waals surface area (Å²) >= 11 is 3.04. The number of ketones is 1. The van der Waals surface area contributed by atoms with Gasteiger partial charge in [0.1, 0.15) is 11.7 Å². The van der Waals surface area contributed by atoms with Gasteiger partial charge in [-0.2, -0.15) is 0 Å². The zero-order chi connectivity index (χ0) is 13.7. The maximum absolute atomic E-state index is 11.7. The number of halogens is 1. The Morgan fingerprint density at radius 3 is 2.72 bits per heavy atom. The van der Waals surface area contributed by atoms with Crippen LogP contribution in [0.3, 0.4) is 0 Å². The molecule has 0 heterocycles. The average Bonchev–Trinajstić information content (AvgIpc) is 2.36. The smallest absolute Gasteiger partial charge is 0.316 e. The molecule has 0 saturated heterocycles. The summed E-state index contributed by atoms with van der Waals surface area (Å²) in [7, 11) is 1.29. The van der Waals surface area contributed by atoms with E-state index in [-0.39, 0.29) is 28.4 Å². The second-order valence-electron chi connectivity index (χ2n) is 4.58. The molecule has 0 amide bonds. The molecule has 1 rings (SSSR count). The van der Waals surface area contributed by atoms with Gasteiger partial charge in [0.05, 0.1) is 11.6 Å². The number of carbonyl (C=O) groups is 2. The quantitative estimate of drug-likeness (QED) is 0.625. The molecule has 0 fully saturated rings. The number of aliphatic hydroxyl groups excluding tert-OH is 1. The monoisotopic (exact) mass is 318 g/mol. The largest absolute Gasteiger partial charge is 0.510 e. The number of allylic oxidation sites excluding steroid dienone is 1. The topological polar surface area (TPSA) is 63.6 Å². The summed E-state index contributed by atoms with van der Waals surface area (Å²) in [6, 6.07) is 0. The van der Waals surface area contributed by atoms with Crippen molar-refractivity contribution in [3.8, 4) is 0 Å². The van der Waals surface area contributed by atoms with E-state index in [1.165, 1.54) is 7.11 Å². The van der Waals surface area contributed by atoms with Crippen LogP contribution in [0.4, 0.5) is 0 Å². The van der Waals surface area contributed by atoms with Crippen LogP contribution in [0.5, 0.6) is 0 Å². The first kappa shape index (κ1) is 15.2. The van der Waals surface area contributed by atoms with Crippen molar-refractivity contribution in [1.82, 2.24) is 0 Å². The van der Waals surface area contributed by atoms with E-state index in [4.69, 9.17) is 4.74 Å². The zero-order valence-electron chi connectivity index (χ0n) is 10.7. The van der Waals surface area contributed by atoms with Crippen molar-refractivity contribution in [1.29, 1.82) is 0 Å². The molecule has 102 valence electrons. The summed E-state index contributed by atoms with van der Waals surface area (Å²) in [5, 5.41) is 9.95. The van der Waals surface area contributed by atoms with Crippen molar-refractivity contribution in [3.05, 3.63) is 10.2 Å². The summed E-state index contributed by atoms with van der Waals surface area (Å²) in [6.45, 7) is 2.10. The zero-order valence-corrected chi connectivity index (χ0v) is 12.3. The van der Waals surface area contributed by atoms with Crippen molar-refractivity contribution in [2.45, 2.75) is 39.0 Å². The van der Waals surface area contributed by atoms with Gasteiger partial charge in [0.25, 0.3) is 0 Å². The molecule has 0 aromatic rings. The number of aliphatic hydroxyl groups is 1. The van der Waals surface area contributed by atoms with E-state index in [1.54, 1.807) is 0 Å². The van der Waals surface area contributed by atoms with Gasteiger partial charge in [0.2, 0.25) is 0 Å². The van der Waals surface area contributed by atoms with E-state index >= 15 is 0 Å². The lowest BCUT2D eigenvalue weighted by Crippen LogP contribution is -2.33. The minimum atomic E-state index is -0.709. The van der Waals surface area contributed by atoms with Crippen molar-refractivity contribution in [2.24, 2.45) is 11.8 Å². The molecule has 1 N–H and O–H groups in total. The van der Waals surface area contributed by atoms with E-state index in [2.05, 4.69) is 22.9 Å². The minimum absolute atomic E-state index is 0.115. The van der Waals surface area contributed by atoms with Crippen LogP contribution in [-0.4, -0.2) is 24.0 Å². The lowest BCUT2D eigenvalue weighted by molar-refractivity contribution is -0.147. The normalized spacial score (nSPS) is 24.3. The molecular weight excluding hydrogens is 300 g/mol. The summed E-state index contributed by atoms with van der Waals surface area (Å²) in [6.07, 6.45) is 4.13. The van der Waals surface area contributed by atoms with Crippen molar-refractivity contribution >= 4 is 27.7 Å². The summed E-state index contributed by atoms with van der Waals surface area (Å²) in [5.41, 5.74) is 0. The molecule has 0 spiro atoms. The number of hydrogen-bond donors (Lipinski definition) is 1. The Hall–Kier alpha value is -0.840. The van der Waals surface area contributed by atoms with Crippen molar-refractivity contribution in [3.63, 3.8) is 0 Å². The molecule has 0 aromatic heterocycles. The fourth-order valence-corrected chi connectivity index (χ4v) is 2.71. The molecule has 0 radical (unpaired) electrons. The van der Waals surface area contributed by atoms with Crippen LogP contribution >= 0.6 is 15.9 Å². The Morgan fingerprint density at radius 1 is 1.50 bits per heavy atom. The van der Waals surface area contributed by atoms with E-state index in [9.17, 15) is 14.7 Å². The number of ether oxygens (including phenoxy) is 1. The number of rotatable bonds is 5. The SMILES string of the molecule is CCCCC[C@H]1CC(=O)C(Br)=C(O)[C@@H]1C(=O)OC. The molecular formula is C13H19BrO4. The Kier molecular flexibility index (Phi) is 5.85. The molecule has 0 bridgehead atoms. The molecule has 4 nitrogen and oxygen atoms in total. The number of hydrogen-bond acceptors (Lipinski definition) is 4. The highest BCUT2D eigenvalue weighted by Crippen LogP contribution is 2.37. The van der Waals surface area contributed by atoms with Crippen molar-refractivity contribution in [2.75, 3.05) is 7.11 Å². The lowest BCUT2D eigenvalue weighted by Gasteiger charge is -2.28. The Labute approximate surface area is 116 Å². The van der Waals surface area contributed by atoms with Crippen LogP contribution in [0.25, 0.3) is 0 Å². The molecule has 2 atom stereocenters. The molecule has 1 aliphatic carbocycles. The fourth-order valence-electron chi connectivity index (χ4n) is 2.30. The van der Waals surface area contributed by atoms with Gasteiger partial charge in [-0.15, -0.1) is 0 Å². The highest BCUT2D eigenvalue weighted by molar-refractivity contribution is 9.12. The summed E-state index contributed by atoms with van der Waals surface area (Å²) in [4.78, 5) is 23.4. The third-order valence-electron chi connectivity index (χ3n) is 3.32. The van der Waals surface area contributed by atoms with Gasteiger partial charge in [-0.1, -0.05) is 26.2 Å². The second-order valence-corrected chi connectivity index (χ2v) is 5.38. The summed E-state index contributed by atoms with van der Waals surface area (Å²) < 4.78 is 4.83. The summed E-state index contributed by atoms with van der Waals surface area (Å²) in [5.74, 6) is -1.66. The fraction of sp³-hybridized carbons (Fsp3) is 0.692. The molecule has 0 saturated carbocycles. The number of esters is 1. The van der Waals surface area contributed by atoms with Gasteiger partial charge in [-0.25, -0.2) is 0 Å². The Bertz CT molecular complexity index is 362. The van der Waals surface area contributed by atoms with Crippen LogP contribution in [0, 0.1) is 11.8 Å². The Morgan fingerprint density at radius 2 is 2.17 bits per heavy atom. The van der Waals surface area contributed by atoms with Gasteiger partial charge < -0.3 is 9.84 Å². The van der Waals surface area contributed by atoms with Gasteiger partial charge in [-0.05, 0) is 28.3 Å². The van der Waals surface area contributed by atoms with Gasteiger partial charge >= 0.3 is 5.97 Å². The number of carbonyl (C=O) groups excluding carboxylic acids is 2. The van der Waals surface area contributed by atoms with Gasteiger partial charge in [0.15, 0.2) is 5.78 Å². The minimum Gasteiger partial charge on any atom is -0.510 e. The maximum Gasteiger partial charge on any atom is 0.316 e. The molecule has 0 aliphatic heterocycles. The van der Waals surface area contributed by atoms with Gasteiger partial charge in [0, 0.05) is 6.42 Å². The highest BCUT2D eigenvalue weighted by Gasteiger charge is 2.40. The van der Waals surface area contributed by atoms with E-state index in [1.807, 2.05) is 0 Å². The molecule has 0 aromatic carbocycles. The molecule has 18 heavy (non-hydrogen) atoms. The first-order chi connectivity index (χ1) is 8.52. The van der Waals surface area contributed by atoms with Crippen LogP contribution < -0.4 is 0 Å². The molecule has 1 aliphatic rings. The van der Waals surface area contributed by atoms with Crippen LogP contribution in [0.1, 0.15) is 39.0 Å². The number of unbranched alkanes of at least 4 members (excludes halogenated alkanes) is 2. The van der Waals surface area contributed by atoms with Gasteiger partial charge in [-0.3, -0.25) is 9.59 Å². The third-order valence-corrected chi connectivity index (χ3v) is 4.17.